The maximum absolute atomic E-state index is 11.9. The molecular weight excluding hydrogens is 348 g/mol. The van der Waals surface area contributed by atoms with Crippen LogP contribution in [0.1, 0.15) is 18.1 Å². The van der Waals surface area contributed by atoms with Gasteiger partial charge in [0.1, 0.15) is 11.5 Å². The van der Waals surface area contributed by atoms with E-state index in [0.29, 0.717) is 23.6 Å². The molecule has 0 radical (unpaired) electrons. The summed E-state index contributed by atoms with van der Waals surface area (Å²) < 4.78 is 15.5. The summed E-state index contributed by atoms with van der Waals surface area (Å²) in [5.74, 6) is 0.0514. The van der Waals surface area contributed by atoms with Crippen LogP contribution in [0.5, 0.6) is 11.5 Å². The molecule has 0 saturated heterocycles. The van der Waals surface area contributed by atoms with Crippen molar-refractivity contribution >= 4 is 11.9 Å². The summed E-state index contributed by atoms with van der Waals surface area (Å²) >= 11 is 0. The van der Waals surface area contributed by atoms with E-state index in [-0.39, 0.29) is 0 Å². The molecule has 0 fully saturated rings. The molecule has 2 rings (SSSR count). The minimum atomic E-state index is -0.885. The van der Waals surface area contributed by atoms with Crippen LogP contribution in [0.2, 0.25) is 0 Å². The van der Waals surface area contributed by atoms with E-state index in [2.05, 4.69) is 5.32 Å². The fourth-order valence-corrected chi connectivity index (χ4v) is 2.15. The molecule has 1 atom stereocenters. The number of carbonyl (C=O) groups is 2. The van der Waals surface area contributed by atoms with Crippen LogP contribution in [-0.2, 0) is 20.9 Å². The molecule has 1 amide bonds. The number of carbonyl (C=O) groups excluding carboxylic acids is 2. The number of rotatable bonds is 8. The third-order valence-electron chi connectivity index (χ3n) is 3.60. The minimum absolute atomic E-state index is 0.297. The van der Waals surface area contributed by atoms with Crippen LogP contribution in [0.25, 0.3) is 0 Å². The van der Waals surface area contributed by atoms with Gasteiger partial charge in [-0.3, -0.25) is 4.79 Å². The third-order valence-corrected chi connectivity index (χ3v) is 3.60. The Labute approximate surface area is 157 Å². The molecule has 0 spiro atoms. The number of hydrogen-bond donors (Lipinski definition) is 1. The van der Waals surface area contributed by atoms with Crippen molar-refractivity contribution in [1.82, 2.24) is 5.32 Å². The number of nitrogens with zero attached hydrogens (tertiary/aromatic N) is 1. The van der Waals surface area contributed by atoms with Crippen molar-refractivity contribution in [2.45, 2.75) is 19.6 Å². The first-order chi connectivity index (χ1) is 13.0. The molecule has 1 N–H and O–H groups in total. The second-order valence-electron chi connectivity index (χ2n) is 5.63. The van der Waals surface area contributed by atoms with Gasteiger partial charge in [-0.05, 0) is 48.9 Å². The van der Waals surface area contributed by atoms with Crippen molar-refractivity contribution < 1.29 is 23.8 Å². The second-order valence-corrected chi connectivity index (χ2v) is 5.63. The van der Waals surface area contributed by atoms with E-state index in [9.17, 15) is 9.59 Å². The van der Waals surface area contributed by atoms with Gasteiger partial charge < -0.3 is 19.5 Å². The van der Waals surface area contributed by atoms with Gasteiger partial charge >= 0.3 is 5.97 Å². The van der Waals surface area contributed by atoms with E-state index in [4.69, 9.17) is 19.5 Å². The number of ether oxygens (including phenoxy) is 3. The smallest absolute Gasteiger partial charge is 0.347 e. The average molecular weight is 368 g/mol. The predicted octanol–water partition coefficient (Wildman–Crippen LogP) is 2.19. The Kier molecular flexibility index (Phi) is 7.20. The van der Waals surface area contributed by atoms with Crippen LogP contribution in [0.4, 0.5) is 0 Å². The molecule has 0 aromatic heterocycles. The predicted molar refractivity (Wildman–Crippen MR) is 97.0 cm³/mol. The van der Waals surface area contributed by atoms with Crippen LogP contribution in [0, 0.1) is 11.3 Å². The molecule has 0 aliphatic carbocycles. The topological polar surface area (TPSA) is 97.7 Å². The van der Waals surface area contributed by atoms with Crippen molar-refractivity contribution in [3.05, 3.63) is 59.7 Å². The molecular formula is C20H20N2O5. The Morgan fingerprint density at radius 3 is 2.56 bits per heavy atom. The van der Waals surface area contributed by atoms with E-state index < -0.39 is 24.6 Å². The Bertz CT molecular complexity index is 827. The SMILES string of the molecule is COc1cccc(CNC(=O)COC(=O)[C@@H](C)Oc2ccc(C#N)cc2)c1. The summed E-state index contributed by atoms with van der Waals surface area (Å²) in [4.78, 5) is 23.8. The minimum Gasteiger partial charge on any atom is -0.497 e. The van der Waals surface area contributed by atoms with Gasteiger partial charge in [-0.1, -0.05) is 12.1 Å². The maximum Gasteiger partial charge on any atom is 0.347 e. The van der Waals surface area contributed by atoms with E-state index in [1.165, 1.54) is 6.92 Å². The monoisotopic (exact) mass is 368 g/mol. The number of methoxy groups -OCH3 is 1. The van der Waals surface area contributed by atoms with Gasteiger partial charge in [-0.15, -0.1) is 0 Å². The lowest BCUT2D eigenvalue weighted by atomic mass is 10.2. The number of hydrogen-bond acceptors (Lipinski definition) is 6. The first kappa shape index (κ1) is 19.8. The Balaban J connectivity index is 1.74. The summed E-state index contributed by atoms with van der Waals surface area (Å²) in [6.45, 7) is 1.42. The lowest BCUT2D eigenvalue weighted by molar-refractivity contribution is -0.154. The number of nitrogens with one attached hydrogen (secondary N) is 1. The van der Waals surface area contributed by atoms with Crippen molar-refractivity contribution in [2.24, 2.45) is 0 Å². The Hall–Kier alpha value is -3.53. The maximum atomic E-state index is 11.9. The number of nitriles is 1. The van der Waals surface area contributed by atoms with Crippen LogP contribution in [-0.4, -0.2) is 31.7 Å². The molecule has 7 nitrogen and oxygen atoms in total. The summed E-state index contributed by atoms with van der Waals surface area (Å²) in [6, 6.07) is 15.6. The molecule has 0 aliphatic heterocycles. The first-order valence-corrected chi connectivity index (χ1v) is 8.25. The molecule has 7 heteroatoms. The molecule has 0 saturated carbocycles. The van der Waals surface area contributed by atoms with Crippen molar-refractivity contribution in [3.63, 3.8) is 0 Å². The van der Waals surface area contributed by atoms with Gasteiger partial charge in [0.05, 0.1) is 18.7 Å². The van der Waals surface area contributed by atoms with Crippen LogP contribution >= 0.6 is 0 Å². The molecule has 2 aromatic rings. The molecule has 0 bridgehead atoms. The van der Waals surface area contributed by atoms with Crippen LogP contribution in [0.3, 0.4) is 0 Å². The summed E-state index contributed by atoms with van der Waals surface area (Å²) in [6.07, 6.45) is -0.885. The fourth-order valence-electron chi connectivity index (χ4n) is 2.15. The van der Waals surface area contributed by atoms with Gasteiger partial charge in [-0.2, -0.15) is 5.26 Å². The van der Waals surface area contributed by atoms with Crippen LogP contribution in [0.15, 0.2) is 48.5 Å². The summed E-state index contributed by atoms with van der Waals surface area (Å²) in [5, 5.41) is 11.4. The molecule has 2 aromatic carbocycles. The zero-order valence-electron chi connectivity index (χ0n) is 15.1. The fraction of sp³-hybridized carbons (Fsp3) is 0.250. The molecule has 27 heavy (non-hydrogen) atoms. The quantitative estimate of drug-likeness (QED) is 0.718. The zero-order valence-corrected chi connectivity index (χ0v) is 15.1. The van der Waals surface area contributed by atoms with Crippen LogP contribution < -0.4 is 14.8 Å². The highest BCUT2D eigenvalue weighted by molar-refractivity contribution is 5.82. The third kappa shape index (κ3) is 6.36. The largest absolute Gasteiger partial charge is 0.497 e. The Morgan fingerprint density at radius 1 is 1.15 bits per heavy atom. The van der Waals surface area contributed by atoms with E-state index >= 15 is 0 Å². The number of benzene rings is 2. The lowest BCUT2D eigenvalue weighted by Crippen LogP contribution is -2.32. The van der Waals surface area contributed by atoms with E-state index in [1.807, 2.05) is 24.3 Å². The van der Waals surface area contributed by atoms with Crippen molar-refractivity contribution in [2.75, 3.05) is 13.7 Å². The lowest BCUT2D eigenvalue weighted by Gasteiger charge is -2.14. The van der Waals surface area contributed by atoms with Gasteiger partial charge in [0.15, 0.2) is 12.7 Å². The van der Waals surface area contributed by atoms with Gasteiger partial charge in [-0.25, -0.2) is 4.79 Å². The zero-order chi connectivity index (χ0) is 19.6. The van der Waals surface area contributed by atoms with Crippen molar-refractivity contribution in [3.8, 4) is 17.6 Å². The molecule has 140 valence electrons. The second kappa shape index (κ2) is 9.82. The van der Waals surface area contributed by atoms with E-state index in [0.717, 1.165) is 5.56 Å². The van der Waals surface area contributed by atoms with Crippen molar-refractivity contribution in [1.29, 1.82) is 5.26 Å². The number of amides is 1. The Morgan fingerprint density at radius 2 is 1.89 bits per heavy atom. The van der Waals surface area contributed by atoms with Gasteiger partial charge in [0, 0.05) is 6.54 Å². The first-order valence-electron chi connectivity index (χ1n) is 8.25. The standard InChI is InChI=1S/C20H20N2O5/c1-14(27-17-8-6-15(11-21)7-9-17)20(24)26-13-19(23)22-12-16-4-3-5-18(10-16)25-2/h3-10,14H,12-13H2,1-2H3,(H,22,23)/t14-/m1/s1. The van der Waals surface area contributed by atoms with E-state index in [1.54, 1.807) is 37.4 Å². The highest BCUT2D eigenvalue weighted by atomic mass is 16.6. The van der Waals surface area contributed by atoms with Gasteiger partial charge in [0.25, 0.3) is 5.91 Å². The molecule has 0 heterocycles. The summed E-state index contributed by atoms with van der Waals surface area (Å²) in [7, 11) is 1.57. The highest BCUT2D eigenvalue weighted by Gasteiger charge is 2.17. The normalized spacial score (nSPS) is 11.0. The van der Waals surface area contributed by atoms with Gasteiger partial charge in [0.2, 0.25) is 0 Å². The number of esters is 1. The average Bonchev–Trinajstić information content (AvgIpc) is 2.71. The molecule has 0 aliphatic rings. The summed E-state index contributed by atoms with van der Waals surface area (Å²) in [5.41, 5.74) is 1.36. The molecule has 0 unspecified atom stereocenters. The highest BCUT2D eigenvalue weighted by Crippen LogP contribution is 2.14.